The van der Waals surface area contributed by atoms with Crippen LogP contribution in [0.15, 0.2) is 30.6 Å². The first-order valence-electron chi connectivity index (χ1n) is 6.06. The van der Waals surface area contributed by atoms with Crippen molar-refractivity contribution in [3.8, 4) is 11.3 Å². The highest BCUT2D eigenvalue weighted by molar-refractivity contribution is 6.04. The van der Waals surface area contributed by atoms with E-state index in [0.717, 1.165) is 5.56 Å². The average molecular weight is 268 g/mol. The lowest BCUT2D eigenvalue weighted by atomic mass is 10.1. The van der Waals surface area contributed by atoms with Gasteiger partial charge in [-0.05, 0) is 25.1 Å². The summed E-state index contributed by atoms with van der Waals surface area (Å²) in [4.78, 5) is 20.0. The molecule has 6 heteroatoms. The van der Waals surface area contributed by atoms with Crippen LogP contribution in [0.2, 0.25) is 0 Å². The largest absolute Gasteiger partial charge is 0.478 e. The molecule has 0 spiro atoms. The lowest BCUT2D eigenvalue weighted by Gasteiger charge is -2.04. The van der Waals surface area contributed by atoms with Gasteiger partial charge < -0.3 is 5.11 Å². The fraction of sp³-hybridized carbons (Fsp3) is 0.143. The first-order valence-corrected chi connectivity index (χ1v) is 6.06. The molecule has 0 saturated heterocycles. The van der Waals surface area contributed by atoms with Gasteiger partial charge in [-0.15, -0.1) is 0 Å². The molecule has 3 aromatic heterocycles. The van der Waals surface area contributed by atoms with Crippen molar-refractivity contribution in [2.24, 2.45) is 7.05 Å². The van der Waals surface area contributed by atoms with Crippen molar-refractivity contribution in [1.82, 2.24) is 19.7 Å². The zero-order chi connectivity index (χ0) is 14.3. The number of nitrogens with zero attached hydrogens (tertiary/aromatic N) is 4. The normalized spacial score (nSPS) is 10.9. The second-order valence-electron chi connectivity index (χ2n) is 4.51. The molecule has 0 fully saturated rings. The Bertz CT molecular complexity index is 809. The third-order valence-electron chi connectivity index (χ3n) is 3.16. The minimum Gasteiger partial charge on any atom is -0.478 e. The quantitative estimate of drug-likeness (QED) is 0.769. The van der Waals surface area contributed by atoms with Crippen LogP contribution in [-0.4, -0.2) is 30.8 Å². The van der Waals surface area contributed by atoms with Gasteiger partial charge in [-0.3, -0.25) is 9.67 Å². The molecule has 0 radical (unpaired) electrons. The van der Waals surface area contributed by atoms with Crippen molar-refractivity contribution >= 4 is 17.0 Å². The second-order valence-corrected chi connectivity index (χ2v) is 4.51. The molecule has 20 heavy (non-hydrogen) atoms. The number of aromatic nitrogens is 4. The number of carbonyl (C=O) groups is 1. The number of aryl methyl sites for hydroxylation is 2. The van der Waals surface area contributed by atoms with Crippen molar-refractivity contribution in [1.29, 1.82) is 0 Å². The molecular weight excluding hydrogens is 256 g/mol. The van der Waals surface area contributed by atoms with Gasteiger partial charge in [0.25, 0.3) is 0 Å². The Morgan fingerprint density at radius 2 is 2.20 bits per heavy atom. The fourth-order valence-electron chi connectivity index (χ4n) is 2.28. The van der Waals surface area contributed by atoms with Gasteiger partial charge in [-0.1, -0.05) is 0 Å². The Balaban J connectivity index is 2.37. The van der Waals surface area contributed by atoms with Crippen LogP contribution in [0.1, 0.15) is 16.1 Å². The number of aromatic carboxylic acids is 1. The third kappa shape index (κ3) is 1.82. The van der Waals surface area contributed by atoms with Crippen LogP contribution in [0.4, 0.5) is 0 Å². The molecule has 0 aliphatic rings. The zero-order valence-corrected chi connectivity index (χ0v) is 11.0. The van der Waals surface area contributed by atoms with E-state index < -0.39 is 5.97 Å². The minimum absolute atomic E-state index is 0.208. The number of pyridine rings is 2. The molecule has 0 aliphatic heterocycles. The number of hydrogen-bond acceptors (Lipinski definition) is 4. The van der Waals surface area contributed by atoms with E-state index in [1.807, 2.05) is 6.07 Å². The summed E-state index contributed by atoms with van der Waals surface area (Å²) in [7, 11) is 1.75. The molecule has 0 aliphatic carbocycles. The number of hydrogen-bond donors (Lipinski definition) is 1. The maximum absolute atomic E-state index is 11.5. The molecule has 1 N–H and O–H groups in total. The molecule has 0 bridgehead atoms. The van der Waals surface area contributed by atoms with Gasteiger partial charge in [0, 0.05) is 25.0 Å². The van der Waals surface area contributed by atoms with E-state index in [4.69, 9.17) is 0 Å². The summed E-state index contributed by atoms with van der Waals surface area (Å²) in [5.74, 6) is -0.987. The lowest BCUT2D eigenvalue weighted by molar-refractivity contribution is 0.0699. The second kappa shape index (κ2) is 4.41. The molecule has 0 amide bonds. The van der Waals surface area contributed by atoms with E-state index in [2.05, 4.69) is 15.1 Å². The Hall–Kier alpha value is -2.76. The van der Waals surface area contributed by atoms with E-state index >= 15 is 0 Å². The van der Waals surface area contributed by atoms with E-state index in [1.165, 1.54) is 0 Å². The number of fused-ring (bicyclic) bond motifs is 1. The Morgan fingerprint density at radius 1 is 1.40 bits per heavy atom. The van der Waals surface area contributed by atoms with Gasteiger partial charge in [-0.25, -0.2) is 9.78 Å². The summed E-state index contributed by atoms with van der Waals surface area (Å²) in [5.41, 5.74) is 2.77. The average Bonchev–Trinajstić information content (AvgIpc) is 2.74. The molecule has 3 aromatic rings. The summed E-state index contributed by atoms with van der Waals surface area (Å²) >= 11 is 0. The predicted molar refractivity (Wildman–Crippen MR) is 73.4 cm³/mol. The number of carboxylic acids is 1. The predicted octanol–water partition coefficient (Wildman–Crippen LogP) is 2.04. The van der Waals surface area contributed by atoms with E-state index in [0.29, 0.717) is 22.4 Å². The Labute approximate surface area is 114 Å². The highest BCUT2D eigenvalue weighted by Crippen LogP contribution is 2.26. The summed E-state index contributed by atoms with van der Waals surface area (Å²) < 4.78 is 1.59. The molecule has 0 atom stereocenters. The van der Waals surface area contributed by atoms with Gasteiger partial charge >= 0.3 is 5.97 Å². The molecule has 6 nitrogen and oxygen atoms in total. The summed E-state index contributed by atoms with van der Waals surface area (Å²) in [6, 6.07) is 5.20. The smallest absolute Gasteiger partial charge is 0.336 e. The monoisotopic (exact) mass is 268 g/mol. The van der Waals surface area contributed by atoms with Crippen molar-refractivity contribution in [3.05, 3.63) is 41.9 Å². The first-order chi connectivity index (χ1) is 9.58. The van der Waals surface area contributed by atoms with Crippen LogP contribution >= 0.6 is 0 Å². The highest BCUT2D eigenvalue weighted by atomic mass is 16.4. The molecule has 0 saturated carbocycles. The molecule has 0 unspecified atom stereocenters. The molecule has 3 heterocycles. The molecular formula is C14H12N4O2. The van der Waals surface area contributed by atoms with E-state index in [-0.39, 0.29) is 5.56 Å². The maximum atomic E-state index is 11.5. The van der Waals surface area contributed by atoms with Crippen LogP contribution in [-0.2, 0) is 7.05 Å². The van der Waals surface area contributed by atoms with Gasteiger partial charge in [0.2, 0.25) is 0 Å². The van der Waals surface area contributed by atoms with Crippen LogP contribution < -0.4 is 0 Å². The van der Waals surface area contributed by atoms with Gasteiger partial charge in [0.15, 0.2) is 5.65 Å². The lowest BCUT2D eigenvalue weighted by Crippen LogP contribution is -2.01. The standard InChI is InChI=1S/C14H12N4O2/c1-8-12-10(14(19)20)6-11(9-4-3-5-15-7-9)16-13(12)18(2)17-8/h3-7H,1-2H3,(H,19,20). The van der Waals surface area contributed by atoms with Gasteiger partial charge in [0.05, 0.1) is 22.3 Å². The minimum atomic E-state index is -0.987. The van der Waals surface area contributed by atoms with Crippen molar-refractivity contribution in [3.63, 3.8) is 0 Å². The summed E-state index contributed by atoms with van der Waals surface area (Å²) in [5, 5.41) is 14.2. The fourth-order valence-corrected chi connectivity index (χ4v) is 2.28. The topological polar surface area (TPSA) is 80.9 Å². The summed E-state index contributed by atoms with van der Waals surface area (Å²) in [6.07, 6.45) is 3.32. The van der Waals surface area contributed by atoms with Gasteiger partial charge in [0.1, 0.15) is 0 Å². The van der Waals surface area contributed by atoms with Crippen molar-refractivity contribution in [2.45, 2.75) is 6.92 Å². The van der Waals surface area contributed by atoms with E-state index in [1.54, 1.807) is 43.2 Å². The van der Waals surface area contributed by atoms with Crippen LogP contribution in [0, 0.1) is 6.92 Å². The van der Waals surface area contributed by atoms with Crippen molar-refractivity contribution in [2.75, 3.05) is 0 Å². The third-order valence-corrected chi connectivity index (χ3v) is 3.16. The number of rotatable bonds is 2. The van der Waals surface area contributed by atoms with Crippen molar-refractivity contribution < 1.29 is 9.90 Å². The van der Waals surface area contributed by atoms with E-state index in [9.17, 15) is 9.90 Å². The molecule has 100 valence electrons. The zero-order valence-electron chi connectivity index (χ0n) is 11.0. The molecule has 0 aromatic carbocycles. The first kappa shape index (κ1) is 12.3. The van der Waals surface area contributed by atoms with Crippen LogP contribution in [0.5, 0.6) is 0 Å². The summed E-state index contributed by atoms with van der Waals surface area (Å²) in [6.45, 7) is 1.78. The Morgan fingerprint density at radius 3 is 2.85 bits per heavy atom. The SMILES string of the molecule is Cc1nn(C)c2nc(-c3cccnc3)cc(C(=O)O)c12. The highest BCUT2D eigenvalue weighted by Gasteiger charge is 2.18. The molecule has 3 rings (SSSR count). The maximum Gasteiger partial charge on any atom is 0.336 e. The Kier molecular flexibility index (Phi) is 2.71. The van der Waals surface area contributed by atoms with Crippen LogP contribution in [0.25, 0.3) is 22.3 Å². The van der Waals surface area contributed by atoms with Crippen LogP contribution in [0.3, 0.4) is 0 Å². The van der Waals surface area contributed by atoms with Gasteiger partial charge in [-0.2, -0.15) is 5.10 Å². The number of carboxylic acid groups (broad SMARTS) is 1.